The molecule has 0 spiro atoms. The van der Waals surface area contributed by atoms with Gasteiger partial charge in [0.1, 0.15) is 0 Å². The van der Waals surface area contributed by atoms with Gasteiger partial charge in [-0.2, -0.15) is 0 Å². The molecule has 5 nitrogen and oxygen atoms in total. The molecule has 0 aromatic carbocycles. The van der Waals surface area contributed by atoms with Gasteiger partial charge in [-0.1, -0.05) is 20.3 Å². The lowest BCUT2D eigenvalue weighted by Gasteiger charge is -2.19. The van der Waals surface area contributed by atoms with Gasteiger partial charge in [-0.05, 0) is 31.1 Å². The van der Waals surface area contributed by atoms with E-state index in [1.165, 1.54) is 12.8 Å². The van der Waals surface area contributed by atoms with Crippen molar-refractivity contribution in [2.24, 2.45) is 11.8 Å². The van der Waals surface area contributed by atoms with Gasteiger partial charge in [0.25, 0.3) is 0 Å². The fraction of sp³-hybridized carbons (Fsp3) is 0.846. The predicted octanol–water partition coefficient (Wildman–Crippen LogP) is 1.98. The summed E-state index contributed by atoms with van der Waals surface area (Å²) in [7, 11) is 0. The van der Waals surface area contributed by atoms with Crippen LogP contribution < -0.4 is 10.6 Å². The molecule has 1 aliphatic carbocycles. The van der Waals surface area contributed by atoms with Crippen molar-refractivity contribution in [2.45, 2.75) is 52.0 Å². The predicted molar refractivity (Wildman–Crippen MR) is 69.4 cm³/mol. The van der Waals surface area contributed by atoms with E-state index in [-0.39, 0.29) is 18.4 Å². The number of amides is 2. The van der Waals surface area contributed by atoms with Crippen molar-refractivity contribution in [3.63, 3.8) is 0 Å². The SMILES string of the molecule is CC(CCC(=O)O)CNC(=O)NC1CCCC1C. The van der Waals surface area contributed by atoms with Crippen molar-refractivity contribution < 1.29 is 14.7 Å². The van der Waals surface area contributed by atoms with Crippen molar-refractivity contribution in [2.75, 3.05) is 6.54 Å². The van der Waals surface area contributed by atoms with E-state index in [9.17, 15) is 9.59 Å². The van der Waals surface area contributed by atoms with Gasteiger partial charge >= 0.3 is 12.0 Å². The largest absolute Gasteiger partial charge is 0.481 e. The molecule has 104 valence electrons. The molecule has 0 saturated heterocycles. The van der Waals surface area contributed by atoms with E-state index in [1.807, 2.05) is 6.92 Å². The molecule has 3 atom stereocenters. The van der Waals surface area contributed by atoms with Crippen LogP contribution in [0.15, 0.2) is 0 Å². The van der Waals surface area contributed by atoms with E-state index >= 15 is 0 Å². The first-order valence-electron chi connectivity index (χ1n) is 6.75. The third-order valence-corrected chi connectivity index (χ3v) is 3.64. The molecular formula is C13H24N2O3. The summed E-state index contributed by atoms with van der Waals surface area (Å²) in [6.45, 7) is 4.63. The number of aliphatic carboxylic acids is 1. The van der Waals surface area contributed by atoms with Gasteiger partial charge in [-0.15, -0.1) is 0 Å². The molecule has 3 unspecified atom stereocenters. The summed E-state index contributed by atoms with van der Waals surface area (Å²) in [5, 5.41) is 14.4. The van der Waals surface area contributed by atoms with Gasteiger partial charge in [-0.3, -0.25) is 4.79 Å². The molecular weight excluding hydrogens is 232 g/mol. The molecule has 0 aromatic rings. The highest BCUT2D eigenvalue weighted by Gasteiger charge is 2.24. The Kier molecular flexibility index (Phi) is 5.95. The lowest BCUT2D eigenvalue weighted by molar-refractivity contribution is -0.137. The molecule has 1 saturated carbocycles. The maximum absolute atomic E-state index is 11.6. The Morgan fingerprint density at radius 2 is 2.11 bits per heavy atom. The van der Waals surface area contributed by atoms with Crippen LogP contribution in [-0.4, -0.2) is 29.7 Å². The smallest absolute Gasteiger partial charge is 0.315 e. The van der Waals surface area contributed by atoms with E-state index < -0.39 is 5.97 Å². The Balaban J connectivity index is 2.14. The van der Waals surface area contributed by atoms with Crippen LogP contribution in [-0.2, 0) is 4.79 Å². The molecule has 18 heavy (non-hydrogen) atoms. The van der Waals surface area contributed by atoms with E-state index in [2.05, 4.69) is 17.6 Å². The number of carboxylic acid groups (broad SMARTS) is 1. The van der Waals surface area contributed by atoms with Crippen LogP contribution in [0, 0.1) is 11.8 Å². The normalized spacial score (nSPS) is 24.6. The molecule has 0 bridgehead atoms. The van der Waals surface area contributed by atoms with E-state index in [4.69, 9.17) is 5.11 Å². The molecule has 0 aliphatic heterocycles. The van der Waals surface area contributed by atoms with E-state index in [0.717, 1.165) is 6.42 Å². The number of hydrogen-bond donors (Lipinski definition) is 3. The number of carbonyl (C=O) groups is 2. The molecule has 1 fully saturated rings. The zero-order valence-corrected chi connectivity index (χ0v) is 11.2. The van der Waals surface area contributed by atoms with Crippen LogP contribution in [0.5, 0.6) is 0 Å². The van der Waals surface area contributed by atoms with E-state index in [1.54, 1.807) is 0 Å². The van der Waals surface area contributed by atoms with Gasteiger partial charge in [0, 0.05) is 19.0 Å². The quantitative estimate of drug-likeness (QED) is 0.680. The van der Waals surface area contributed by atoms with Crippen molar-refractivity contribution >= 4 is 12.0 Å². The Morgan fingerprint density at radius 3 is 2.67 bits per heavy atom. The summed E-state index contributed by atoms with van der Waals surface area (Å²) in [5.41, 5.74) is 0. The average Bonchev–Trinajstić information content (AvgIpc) is 2.69. The lowest BCUT2D eigenvalue weighted by atomic mass is 10.1. The third kappa shape index (κ3) is 5.38. The Hall–Kier alpha value is -1.26. The summed E-state index contributed by atoms with van der Waals surface area (Å²) in [6.07, 6.45) is 4.17. The third-order valence-electron chi connectivity index (χ3n) is 3.64. The second-order valence-electron chi connectivity index (χ2n) is 5.41. The summed E-state index contributed by atoms with van der Waals surface area (Å²) in [5.74, 6) is -0.0425. The van der Waals surface area contributed by atoms with Gasteiger partial charge in [0.2, 0.25) is 0 Å². The zero-order valence-electron chi connectivity index (χ0n) is 11.2. The second kappa shape index (κ2) is 7.24. The number of rotatable bonds is 6. The van der Waals surface area contributed by atoms with Crippen LogP contribution in [0.3, 0.4) is 0 Å². The van der Waals surface area contributed by atoms with Crippen molar-refractivity contribution in [3.8, 4) is 0 Å². The summed E-state index contributed by atoms with van der Waals surface area (Å²) >= 11 is 0. The van der Waals surface area contributed by atoms with Gasteiger partial charge < -0.3 is 15.7 Å². The molecule has 5 heteroatoms. The highest BCUT2D eigenvalue weighted by molar-refractivity contribution is 5.74. The maximum Gasteiger partial charge on any atom is 0.315 e. The first-order chi connectivity index (χ1) is 8.49. The minimum Gasteiger partial charge on any atom is -0.481 e. The maximum atomic E-state index is 11.6. The number of hydrogen-bond acceptors (Lipinski definition) is 2. The molecule has 1 aliphatic rings. The van der Waals surface area contributed by atoms with E-state index in [0.29, 0.717) is 24.9 Å². The number of carboxylic acids is 1. The Bertz CT molecular complexity index is 294. The zero-order chi connectivity index (χ0) is 13.5. The van der Waals surface area contributed by atoms with Crippen LogP contribution >= 0.6 is 0 Å². The molecule has 1 rings (SSSR count). The molecule has 2 amide bonds. The van der Waals surface area contributed by atoms with Gasteiger partial charge in [-0.25, -0.2) is 4.79 Å². The average molecular weight is 256 g/mol. The first kappa shape index (κ1) is 14.8. The van der Waals surface area contributed by atoms with Crippen molar-refractivity contribution in [3.05, 3.63) is 0 Å². The standard InChI is InChI=1S/C13H24N2O3/c1-9(6-7-12(16)17)8-14-13(18)15-11-5-3-4-10(11)2/h9-11H,3-8H2,1-2H3,(H,16,17)(H2,14,15,18). The van der Waals surface area contributed by atoms with Crippen molar-refractivity contribution in [1.29, 1.82) is 0 Å². The molecule has 0 aromatic heterocycles. The van der Waals surface area contributed by atoms with Crippen molar-refractivity contribution in [1.82, 2.24) is 10.6 Å². The second-order valence-corrected chi connectivity index (χ2v) is 5.41. The Labute approximate surface area is 108 Å². The lowest BCUT2D eigenvalue weighted by Crippen LogP contribution is -2.44. The fourth-order valence-corrected chi connectivity index (χ4v) is 2.32. The highest BCUT2D eigenvalue weighted by Crippen LogP contribution is 2.24. The Morgan fingerprint density at radius 1 is 1.39 bits per heavy atom. The minimum atomic E-state index is -0.786. The summed E-state index contributed by atoms with van der Waals surface area (Å²) in [6, 6.07) is 0.162. The number of urea groups is 1. The van der Waals surface area contributed by atoms with Crippen LogP contribution in [0.25, 0.3) is 0 Å². The monoisotopic (exact) mass is 256 g/mol. The number of carbonyl (C=O) groups excluding carboxylic acids is 1. The van der Waals surface area contributed by atoms with Crippen LogP contribution in [0.1, 0.15) is 46.0 Å². The van der Waals surface area contributed by atoms with Crippen LogP contribution in [0.2, 0.25) is 0 Å². The summed E-state index contributed by atoms with van der Waals surface area (Å²) < 4.78 is 0. The molecule has 0 radical (unpaired) electrons. The topological polar surface area (TPSA) is 78.4 Å². The number of nitrogens with one attached hydrogen (secondary N) is 2. The highest BCUT2D eigenvalue weighted by atomic mass is 16.4. The minimum absolute atomic E-state index is 0.129. The fourth-order valence-electron chi connectivity index (χ4n) is 2.32. The summed E-state index contributed by atoms with van der Waals surface area (Å²) in [4.78, 5) is 22.1. The van der Waals surface area contributed by atoms with Gasteiger partial charge in [0.05, 0.1) is 0 Å². The first-order valence-corrected chi connectivity index (χ1v) is 6.75. The van der Waals surface area contributed by atoms with Gasteiger partial charge in [0.15, 0.2) is 0 Å². The molecule has 3 N–H and O–H groups in total. The van der Waals surface area contributed by atoms with Crippen LogP contribution in [0.4, 0.5) is 4.79 Å². The molecule has 0 heterocycles.